The highest BCUT2D eigenvalue weighted by atomic mass is 16.5. The van der Waals surface area contributed by atoms with Crippen molar-refractivity contribution < 1.29 is 4.74 Å². The molecule has 1 aromatic carbocycles. The van der Waals surface area contributed by atoms with Gasteiger partial charge in [-0.1, -0.05) is 19.1 Å². The fourth-order valence-corrected chi connectivity index (χ4v) is 1.90. The number of hydrogen-bond donors (Lipinski definition) is 1. The average Bonchev–Trinajstić information content (AvgIpc) is 2.28. The average molecular weight is 222 g/mol. The molecule has 0 heterocycles. The lowest BCUT2D eigenvalue weighted by atomic mass is 9.88. The van der Waals surface area contributed by atoms with Crippen molar-refractivity contribution in [1.82, 2.24) is 4.90 Å². The molecule has 0 saturated heterocycles. The number of nitrogens with two attached hydrogens (primary N) is 1. The zero-order chi connectivity index (χ0) is 12.2. The summed E-state index contributed by atoms with van der Waals surface area (Å²) in [5, 5.41) is 0. The summed E-state index contributed by atoms with van der Waals surface area (Å²) in [4.78, 5) is 2.11. The molecule has 0 bridgehead atoms. The predicted octanol–water partition coefficient (Wildman–Crippen LogP) is 1.82. The van der Waals surface area contributed by atoms with Gasteiger partial charge in [-0.05, 0) is 38.2 Å². The van der Waals surface area contributed by atoms with Crippen molar-refractivity contribution in [3.8, 4) is 5.75 Å². The fourth-order valence-electron chi connectivity index (χ4n) is 1.90. The summed E-state index contributed by atoms with van der Waals surface area (Å²) in [6, 6.07) is 8.01. The van der Waals surface area contributed by atoms with Crippen LogP contribution in [0.15, 0.2) is 24.3 Å². The highest BCUT2D eigenvalue weighted by Gasteiger charge is 2.26. The van der Waals surface area contributed by atoms with Crippen LogP contribution in [0.3, 0.4) is 0 Å². The van der Waals surface area contributed by atoms with Crippen molar-refractivity contribution in [2.24, 2.45) is 5.73 Å². The van der Waals surface area contributed by atoms with Crippen LogP contribution in [0.1, 0.15) is 18.9 Å². The fraction of sp³-hybridized carbons (Fsp3) is 0.538. The van der Waals surface area contributed by atoms with Crippen molar-refractivity contribution >= 4 is 0 Å². The summed E-state index contributed by atoms with van der Waals surface area (Å²) in [5.74, 6) is 0.861. The molecule has 0 aliphatic rings. The molecule has 16 heavy (non-hydrogen) atoms. The molecular weight excluding hydrogens is 200 g/mol. The lowest BCUT2D eigenvalue weighted by molar-refractivity contribution is 0.277. The minimum Gasteiger partial charge on any atom is -0.497 e. The van der Waals surface area contributed by atoms with Crippen LogP contribution in [0.5, 0.6) is 5.75 Å². The van der Waals surface area contributed by atoms with E-state index in [4.69, 9.17) is 10.5 Å². The second-order valence-electron chi connectivity index (χ2n) is 4.48. The zero-order valence-corrected chi connectivity index (χ0v) is 10.7. The molecule has 0 amide bonds. The molecular formula is C13H22N2O. The Morgan fingerprint density at radius 2 is 2.06 bits per heavy atom. The van der Waals surface area contributed by atoms with Gasteiger partial charge in [-0.3, -0.25) is 0 Å². The second kappa shape index (κ2) is 5.32. The molecule has 0 fully saturated rings. The first kappa shape index (κ1) is 13.0. The van der Waals surface area contributed by atoms with E-state index in [-0.39, 0.29) is 5.54 Å². The van der Waals surface area contributed by atoms with Gasteiger partial charge in [0.1, 0.15) is 5.75 Å². The number of benzene rings is 1. The summed E-state index contributed by atoms with van der Waals surface area (Å²) in [6.07, 6.45) is 0.901. The largest absolute Gasteiger partial charge is 0.497 e. The van der Waals surface area contributed by atoms with Crippen molar-refractivity contribution in [3.63, 3.8) is 0 Å². The Labute approximate surface area is 98.2 Å². The van der Waals surface area contributed by atoms with Gasteiger partial charge in [0.05, 0.1) is 12.6 Å². The topological polar surface area (TPSA) is 38.5 Å². The highest BCUT2D eigenvalue weighted by molar-refractivity contribution is 5.33. The van der Waals surface area contributed by atoms with Gasteiger partial charge in [-0.25, -0.2) is 0 Å². The van der Waals surface area contributed by atoms with Crippen molar-refractivity contribution in [2.45, 2.75) is 18.9 Å². The maximum atomic E-state index is 6.45. The maximum absolute atomic E-state index is 6.45. The van der Waals surface area contributed by atoms with Crippen LogP contribution in [0, 0.1) is 0 Å². The monoisotopic (exact) mass is 222 g/mol. The lowest BCUT2D eigenvalue weighted by Crippen LogP contribution is -2.45. The smallest absolute Gasteiger partial charge is 0.119 e. The quantitative estimate of drug-likeness (QED) is 0.826. The molecule has 0 aliphatic heterocycles. The number of hydrogen-bond acceptors (Lipinski definition) is 3. The van der Waals surface area contributed by atoms with E-state index in [1.807, 2.05) is 32.3 Å². The van der Waals surface area contributed by atoms with Crippen molar-refractivity contribution in [1.29, 1.82) is 0 Å². The second-order valence-corrected chi connectivity index (χ2v) is 4.48. The molecule has 1 atom stereocenters. The molecule has 3 nitrogen and oxygen atoms in total. The van der Waals surface area contributed by atoms with Crippen LogP contribution < -0.4 is 10.5 Å². The molecule has 0 saturated carbocycles. The molecule has 2 N–H and O–H groups in total. The number of likely N-dealkylation sites (N-methyl/N-ethyl adjacent to an activating group) is 1. The van der Waals surface area contributed by atoms with Crippen LogP contribution >= 0.6 is 0 Å². The first-order valence-corrected chi connectivity index (χ1v) is 5.60. The Bertz CT molecular complexity index is 338. The molecule has 1 aromatic rings. The number of nitrogens with zero attached hydrogens (tertiary/aromatic N) is 1. The summed E-state index contributed by atoms with van der Waals surface area (Å²) in [7, 11) is 5.75. The Kier molecular flexibility index (Phi) is 4.33. The Balaban J connectivity index is 3.01. The number of ether oxygens (including phenoxy) is 1. The third-order valence-corrected chi connectivity index (χ3v) is 2.87. The van der Waals surface area contributed by atoms with Gasteiger partial charge >= 0.3 is 0 Å². The van der Waals surface area contributed by atoms with E-state index in [0.717, 1.165) is 24.3 Å². The van der Waals surface area contributed by atoms with Gasteiger partial charge in [-0.15, -0.1) is 0 Å². The van der Waals surface area contributed by atoms with E-state index in [1.165, 1.54) is 0 Å². The van der Waals surface area contributed by atoms with Gasteiger partial charge in [-0.2, -0.15) is 0 Å². The third kappa shape index (κ3) is 2.97. The molecule has 0 radical (unpaired) electrons. The third-order valence-electron chi connectivity index (χ3n) is 2.87. The van der Waals surface area contributed by atoms with E-state index in [1.54, 1.807) is 7.11 Å². The van der Waals surface area contributed by atoms with Gasteiger partial charge < -0.3 is 15.4 Å². The summed E-state index contributed by atoms with van der Waals surface area (Å²) in [6.45, 7) is 2.94. The predicted molar refractivity (Wildman–Crippen MR) is 67.7 cm³/mol. The van der Waals surface area contributed by atoms with Crippen LogP contribution in [0.25, 0.3) is 0 Å². The zero-order valence-electron chi connectivity index (χ0n) is 10.7. The Hall–Kier alpha value is -1.06. The SMILES string of the molecule is CCC(N)(CN(C)C)c1cccc(OC)c1. The standard InChI is InChI=1S/C13H22N2O/c1-5-13(14,10-15(2)3)11-7-6-8-12(9-11)16-4/h6-9H,5,10,14H2,1-4H3. The molecule has 0 aliphatic carbocycles. The minimum absolute atomic E-state index is 0.307. The van der Waals surface area contributed by atoms with Crippen LogP contribution in [-0.4, -0.2) is 32.6 Å². The van der Waals surface area contributed by atoms with Gasteiger partial charge in [0.2, 0.25) is 0 Å². The first-order chi connectivity index (χ1) is 7.51. The molecule has 90 valence electrons. The first-order valence-electron chi connectivity index (χ1n) is 5.60. The number of rotatable bonds is 5. The molecule has 1 rings (SSSR count). The highest BCUT2D eigenvalue weighted by Crippen LogP contribution is 2.25. The van der Waals surface area contributed by atoms with E-state index in [0.29, 0.717) is 0 Å². The normalized spacial score (nSPS) is 14.9. The van der Waals surface area contributed by atoms with Gasteiger partial charge in [0.25, 0.3) is 0 Å². The summed E-state index contributed by atoms with van der Waals surface area (Å²) in [5.41, 5.74) is 7.27. The van der Waals surface area contributed by atoms with Gasteiger partial charge in [0.15, 0.2) is 0 Å². The lowest BCUT2D eigenvalue weighted by Gasteiger charge is -2.32. The van der Waals surface area contributed by atoms with Crippen molar-refractivity contribution in [3.05, 3.63) is 29.8 Å². The summed E-state index contributed by atoms with van der Waals surface area (Å²) < 4.78 is 5.23. The summed E-state index contributed by atoms with van der Waals surface area (Å²) >= 11 is 0. The van der Waals surface area contributed by atoms with Crippen LogP contribution in [0.2, 0.25) is 0 Å². The van der Waals surface area contributed by atoms with E-state index in [2.05, 4.69) is 17.9 Å². The molecule has 3 heteroatoms. The van der Waals surface area contributed by atoms with Crippen molar-refractivity contribution in [2.75, 3.05) is 27.7 Å². The molecule has 0 aromatic heterocycles. The molecule has 0 spiro atoms. The van der Waals surface area contributed by atoms with E-state index in [9.17, 15) is 0 Å². The Morgan fingerprint density at radius 1 is 1.38 bits per heavy atom. The van der Waals surface area contributed by atoms with Gasteiger partial charge in [0, 0.05) is 6.54 Å². The van der Waals surface area contributed by atoms with E-state index >= 15 is 0 Å². The number of methoxy groups -OCH3 is 1. The van der Waals surface area contributed by atoms with Crippen LogP contribution in [0.4, 0.5) is 0 Å². The minimum atomic E-state index is -0.307. The van der Waals surface area contributed by atoms with E-state index < -0.39 is 0 Å². The maximum Gasteiger partial charge on any atom is 0.119 e. The Morgan fingerprint density at radius 3 is 2.56 bits per heavy atom. The molecule has 1 unspecified atom stereocenters. The van der Waals surface area contributed by atoms with Crippen LogP contribution in [-0.2, 0) is 5.54 Å².